The number of aliphatic imine (C=N–C) groups is 2. The average Bonchev–Trinajstić information content (AvgIpc) is 3.20. The van der Waals surface area contributed by atoms with Crippen molar-refractivity contribution >= 4 is 11.7 Å². The van der Waals surface area contributed by atoms with Crippen LogP contribution in [0.3, 0.4) is 0 Å². The van der Waals surface area contributed by atoms with Crippen LogP contribution in [0.2, 0.25) is 0 Å². The summed E-state index contributed by atoms with van der Waals surface area (Å²) < 4.78 is 5.37. The van der Waals surface area contributed by atoms with Crippen LogP contribution >= 0.6 is 0 Å². The topological polar surface area (TPSA) is 75.3 Å². The largest absolute Gasteiger partial charge is 0.371 e. The standard InChI is InChI=1S/C14H24N4O/c1-3-5-10-7-11(18-14(15)16-6-4-2)8-12(17-10)13-9-19-13/h3,5,11-13H,4,6-9H2,1-2H3,(H3,15,16,18)/b5-3+. The number of rotatable bonds is 5. The van der Waals surface area contributed by atoms with Gasteiger partial charge < -0.3 is 15.8 Å². The minimum atomic E-state index is 0.261. The fraction of sp³-hybridized carbons (Fsp3) is 0.714. The molecule has 1 fully saturated rings. The Morgan fingerprint density at radius 3 is 3.05 bits per heavy atom. The first-order chi connectivity index (χ1) is 9.22. The lowest BCUT2D eigenvalue weighted by Crippen LogP contribution is -2.45. The lowest BCUT2D eigenvalue weighted by molar-refractivity contribution is 0.343. The van der Waals surface area contributed by atoms with Crippen molar-refractivity contribution < 1.29 is 4.74 Å². The van der Waals surface area contributed by atoms with E-state index in [2.05, 4.69) is 23.3 Å². The molecule has 19 heavy (non-hydrogen) atoms. The highest BCUT2D eigenvalue weighted by molar-refractivity contribution is 5.96. The van der Waals surface area contributed by atoms with Gasteiger partial charge in [0.05, 0.1) is 12.6 Å². The summed E-state index contributed by atoms with van der Waals surface area (Å²) in [5, 5.41) is 3.31. The smallest absolute Gasteiger partial charge is 0.188 e. The van der Waals surface area contributed by atoms with Gasteiger partial charge in [0.25, 0.3) is 0 Å². The Kier molecular flexibility index (Phi) is 4.96. The van der Waals surface area contributed by atoms with E-state index in [0.717, 1.165) is 38.1 Å². The number of epoxide rings is 1. The zero-order valence-electron chi connectivity index (χ0n) is 11.8. The van der Waals surface area contributed by atoms with Crippen molar-refractivity contribution in [3.8, 4) is 0 Å². The van der Waals surface area contributed by atoms with E-state index < -0.39 is 0 Å². The lowest BCUT2D eigenvalue weighted by Gasteiger charge is -2.27. The van der Waals surface area contributed by atoms with Gasteiger partial charge in [0.1, 0.15) is 6.10 Å². The summed E-state index contributed by atoms with van der Waals surface area (Å²) in [7, 11) is 0. The molecule has 2 aliphatic heterocycles. The van der Waals surface area contributed by atoms with Gasteiger partial charge in [-0.1, -0.05) is 13.0 Å². The minimum absolute atomic E-state index is 0.261. The predicted molar refractivity (Wildman–Crippen MR) is 78.7 cm³/mol. The minimum Gasteiger partial charge on any atom is -0.371 e. The summed E-state index contributed by atoms with van der Waals surface area (Å²) in [6.45, 7) is 5.72. The highest BCUT2D eigenvalue weighted by atomic mass is 16.6. The quantitative estimate of drug-likeness (QED) is 0.446. The molecular formula is C14H24N4O. The molecule has 0 aliphatic carbocycles. The Morgan fingerprint density at radius 2 is 2.42 bits per heavy atom. The van der Waals surface area contributed by atoms with Crippen LogP contribution in [0.15, 0.2) is 22.1 Å². The summed E-state index contributed by atoms with van der Waals surface area (Å²) in [5.41, 5.74) is 7.02. The van der Waals surface area contributed by atoms with E-state index >= 15 is 0 Å². The Balaban J connectivity index is 1.96. The number of hydrogen-bond acceptors (Lipinski definition) is 3. The Hall–Kier alpha value is -1.36. The second-order valence-electron chi connectivity index (χ2n) is 5.11. The highest BCUT2D eigenvalue weighted by Gasteiger charge is 2.36. The molecule has 0 aromatic rings. The maximum absolute atomic E-state index is 5.90. The van der Waals surface area contributed by atoms with Crippen LogP contribution in [0, 0.1) is 0 Å². The number of nitrogens with one attached hydrogen (secondary N) is 1. The van der Waals surface area contributed by atoms with Gasteiger partial charge in [0, 0.05) is 24.7 Å². The number of nitrogens with zero attached hydrogens (tertiary/aromatic N) is 2. The lowest BCUT2D eigenvalue weighted by atomic mass is 9.95. The first-order valence-electron chi connectivity index (χ1n) is 7.10. The van der Waals surface area contributed by atoms with Crippen molar-refractivity contribution in [2.75, 3.05) is 13.2 Å². The predicted octanol–water partition coefficient (Wildman–Crippen LogP) is 1.25. The van der Waals surface area contributed by atoms with Crippen LogP contribution in [0.5, 0.6) is 0 Å². The highest BCUT2D eigenvalue weighted by Crippen LogP contribution is 2.26. The maximum atomic E-state index is 5.90. The third-order valence-corrected chi connectivity index (χ3v) is 3.32. The number of ether oxygens (including phenoxy) is 1. The fourth-order valence-corrected chi connectivity index (χ4v) is 2.36. The van der Waals surface area contributed by atoms with Crippen LogP contribution < -0.4 is 11.1 Å². The maximum Gasteiger partial charge on any atom is 0.188 e. The first-order valence-corrected chi connectivity index (χ1v) is 7.10. The molecule has 2 heterocycles. The van der Waals surface area contributed by atoms with E-state index in [9.17, 15) is 0 Å². The summed E-state index contributed by atoms with van der Waals surface area (Å²) in [5.74, 6) is 0.545. The third-order valence-electron chi connectivity index (χ3n) is 3.32. The summed E-state index contributed by atoms with van der Waals surface area (Å²) >= 11 is 0. The van der Waals surface area contributed by atoms with Gasteiger partial charge in [-0.2, -0.15) is 0 Å². The van der Waals surface area contributed by atoms with Gasteiger partial charge in [0.2, 0.25) is 0 Å². The normalized spacial score (nSPS) is 31.4. The molecule has 1 saturated heterocycles. The van der Waals surface area contributed by atoms with E-state index in [1.54, 1.807) is 0 Å². The van der Waals surface area contributed by atoms with Crippen molar-refractivity contribution in [3.05, 3.63) is 12.2 Å². The van der Waals surface area contributed by atoms with E-state index in [-0.39, 0.29) is 6.04 Å². The van der Waals surface area contributed by atoms with Gasteiger partial charge in [-0.25, -0.2) is 0 Å². The van der Waals surface area contributed by atoms with Crippen LogP contribution in [-0.2, 0) is 4.74 Å². The van der Waals surface area contributed by atoms with Gasteiger partial charge in [0.15, 0.2) is 5.96 Å². The molecule has 0 amide bonds. The van der Waals surface area contributed by atoms with Gasteiger partial charge in [-0.3, -0.25) is 9.98 Å². The Labute approximate surface area is 115 Å². The molecule has 0 aromatic carbocycles. The molecule has 2 aliphatic rings. The Bertz CT molecular complexity index is 385. The second-order valence-corrected chi connectivity index (χ2v) is 5.11. The zero-order chi connectivity index (χ0) is 13.7. The third kappa shape index (κ3) is 4.35. The van der Waals surface area contributed by atoms with Crippen molar-refractivity contribution in [1.29, 1.82) is 0 Å². The fourth-order valence-electron chi connectivity index (χ4n) is 2.36. The van der Waals surface area contributed by atoms with Crippen LogP contribution in [0.1, 0.15) is 33.1 Å². The van der Waals surface area contributed by atoms with Crippen LogP contribution in [0.4, 0.5) is 0 Å². The number of nitrogens with two attached hydrogens (primary N) is 1. The molecule has 2 rings (SSSR count). The van der Waals surface area contributed by atoms with Crippen molar-refractivity contribution in [2.24, 2.45) is 15.7 Å². The zero-order valence-corrected chi connectivity index (χ0v) is 11.8. The van der Waals surface area contributed by atoms with Crippen molar-refractivity contribution in [2.45, 2.75) is 51.3 Å². The van der Waals surface area contributed by atoms with Gasteiger partial charge in [-0.05, 0) is 25.8 Å². The summed E-state index contributed by atoms with van der Waals surface area (Å²) in [4.78, 5) is 9.02. The number of hydrogen-bond donors (Lipinski definition) is 2. The summed E-state index contributed by atoms with van der Waals surface area (Å²) in [6, 6.07) is 0.565. The first kappa shape index (κ1) is 14.1. The van der Waals surface area contributed by atoms with Crippen LogP contribution in [0.25, 0.3) is 0 Å². The molecule has 3 N–H and O–H groups in total. The van der Waals surface area contributed by atoms with Gasteiger partial charge in [-0.15, -0.1) is 0 Å². The molecule has 5 nitrogen and oxygen atoms in total. The molecule has 5 heteroatoms. The van der Waals surface area contributed by atoms with Gasteiger partial charge >= 0.3 is 0 Å². The van der Waals surface area contributed by atoms with E-state index in [1.807, 2.05) is 13.0 Å². The SMILES string of the molecule is C/C=C/C1=NC(C2CO2)CC(NC(N)=NCCC)C1. The Morgan fingerprint density at radius 1 is 1.63 bits per heavy atom. The van der Waals surface area contributed by atoms with E-state index in [4.69, 9.17) is 15.5 Å². The molecule has 3 atom stereocenters. The second kappa shape index (κ2) is 6.70. The monoisotopic (exact) mass is 264 g/mol. The molecule has 106 valence electrons. The number of allylic oxidation sites excluding steroid dienone is 2. The van der Waals surface area contributed by atoms with Crippen molar-refractivity contribution in [1.82, 2.24) is 5.32 Å². The average molecular weight is 264 g/mol. The van der Waals surface area contributed by atoms with E-state index in [0.29, 0.717) is 18.1 Å². The van der Waals surface area contributed by atoms with E-state index in [1.165, 1.54) is 0 Å². The molecular weight excluding hydrogens is 240 g/mol. The number of guanidine groups is 1. The molecule has 0 radical (unpaired) electrons. The van der Waals surface area contributed by atoms with Crippen molar-refractivity contribution in [3.63, 3.8) is 0 Å². The summed E-state index contributed by atoms with van der Waals surface area (Å²) in [6.07, 6.45) is 7.28. The molecule has 0 bridgehead atoms. The molecule has 0 aromatic heterocycles. The van der Waals surface area contributed by atoms with Crippen LogP contribution in [-0.4, -0.2) is 43.0 Å². The molecule has 0 saturated carbocycles. The molecule has 3 unspecified atom stereocenters. The molecule has 0 spiro atoms.